The number of hydrogen-bond donors (Lipinski definition) is 2. The molecule has 0 aliphatic carbocycles. The number of likely N-dealkylation sites (tertiary alicyclic amines) is 1. The fourth-order valence-corrected chi connectivity index (χ4v) is 2.95. The van der Waals surface area contributed by atoms with Gasteiger partial charge in [-0.2, -0.15) is 0 Å². The predicted octanol–water partition coefficient (Wildman–Crippen LogP) is 2.98. The number of amides is 2. The molecule has 116 valence electrons. The van der Waals surface area contributed by atoms with E-state index in [-0.39, 0.29) is 6.03 Å². The summed E-state index contributed by atoms with van der Waals surface area (Å²) in [6.07, 6.45) is 2.45. The Morgan fingerprint density at radius 3 is 2.81 bits per heavy atom. The number of halogens is 1. The second-order valence-corrected chi connectivity index (χ2v) is 6.51. The van der Waals surface area contributed by atoms with Crippen LogP contribution in [0.2, 0.25) is 0 Å². The molecule has 1 atom stereocenters. The molecule has 0 radical (unpaired) electrons. The van der Waals surface area contributed by atoms with Crippen LogP contribution in [0.5, 0.6) is 0 Å². The Morgan fingerprint density at radius 1 is 1.33 bits per heavy atom. The SMILES string of the molecule is CCN1CCCC(CNC(=O)NCc2ccc(Br)cc2)C1. The lowest BCUT2D eigenvalue weighted by Crippen LogP contribution is -2.43. The van der Waals surface area contributed by atoms with Crippen molar-refractivity contribution < 1.29 is 4.79 Å². The van der Waals surface area contributed by atoms with E-state index < -0.39 is 0 Å². The highest BCUT2D eigenvalue weighted by atomic mass is 79.9. The van der Waals surface area contributed by atoms with Gasteiger partial charge in [-0.15, -0.1) is 0 Å². The van der Waals surface area contributed by atoms with Crippen LogP contribution in [-0.4, -0.2) is 37.1 Å². The van der Waals surface area contributed by atoms with Gasteiger partial charge in [-0.25, -0.2) is 4.79 Å². The summed E-state index contributed by atoms with van der Waals surface area (Å²) in [5.41, 5.74) is 1.10. The van der Waals surface area contributed by atoms with Gasteiger partial charge in [0.15, 0.2) is 0 Å². The first-order chi connectivity index (χ1) is 10.2. The molecule has 0 saturated carbocycles. The lowest BCUT2D eigenvalue weighted by atomic mass is 9.98. The third kappa shape index (κ3) is 5.67. The van der Waals surface area contributed by atoms with Crippen LogP contribution in [0.15, 0.2) is 28.7 Å². The summed E-state index contributed by atoms with van der Waals surface area (Å²) in [4.78, 5) is 14.3. The summed E-state index contributed by atoms with van der Waals surface area (Å²) >= 11 is 3.40. The number of nitrogens with zero attached hydrogens (tertiary/aromatic N) is 1. The van der Waals surface area contributed by atoms with Gasteiger partial charge >= 0.3 is 6.03 Å². The molecule has 1 aromatic carbocycles. The number of urea groups is 1. The van der Waals surface area contributed by atoms with Gasteiger partial charge in [0.25, 0.3) is 0 Å². The molecule has 0 bridgehead atoms. The Balaban J connectivity index is 1.66. The van der Waals surface area contributed by atoms with Crippen LogP contribution < -0.4 is 10.6 Å². The topological polar surface area (TPSA) is 44.4 Å². The zero-order valence-corrected chi connectivity index (χ0v) is 14.2. The smallest absolute Gasteiger partial charge is 0.315 e. The van der Waals surface area contributed by atoms with Crippen LogP contribution in [0, 0.1) is 5.92 Å². The van der Waals surface area contributed by atoms with Crippen molar-refractivity contribution in [2.75, 3.05) is 26.2 Å². The number of benzene rings is 1. The maximum absolute atomic E-state index is 11.8. The van der Waals surface area contributed by atoms with Crippen LogP contribution in [0.25, 0.3) is 0 Å². The molecule has 1 aliphatic rings. The molecule has 2 amide bonds. The zero-order valence-electron chi connectivity index (χ0n) is 12.6. The normalized spacial score (nSPS) is 19.2. The largest absolute Gasteiger partial charge is 0.338 e. The Labute approximate surface area is 135 Å². The first-order valence-corrected chi connectivity index (χ1v) is 8.45. The lowest BCUT2D eigenvalue weighted by molar-refractivity contribution is 0.179. The summed E-state index contributed by atoms with van der Waals surface area (Å²) in [5.74, 6) is 0.581. The highest BCUT2D eigenvalue weighted by molar-refractivity contribution is 9.10. The number of piperidine rings is 1. The van der Waals surface area contributed by atoms with E-state index in [9.17, 15) is 4.79 Å². The van der Waals surface area contributed by atoms with E-state index in [2.05, 4.69) is 38.4 Å². The summed E-state index contributed by atoms with van der Waals surface area (Å²) < 4.78 is 1.05. The quantitative estimate of drug-likeness (QED) is 0.854. The molecule has 4 nitrogen and oxygen atoms in total. The van der Waals surface area contributed by atoms with Crippen molar-refractivity contribution in [3.05, 3.63) is 34.3 Å². The summed E-state index contributed by atoms with van der Waals surface area (Å²) in [5, 5.41) is 5.90. The molecular formula is C16H24BrN3O. The van der Waals surface area contributed by atoms with Gasteiger partial charge in [0, 0.05) is 24.1 Å². The average Bonchev–Trinajstić information content (AvgIpc) is 2.52. The second-order valence-electron chi connectivity index (χ2n) is 5.59. The lowest BCUT2D eigenvalue weighted by Gasteiger charge is -2.31. The van der Waals surface area contributed by atoms with E-state index >= 15 is 0 Å². The number of carbonyl (C=O) groups is 1. The van der Waals surface area contributed by atoms with E-state index in [1.807, 2.05) is 24.3 Å². The van der Waals surface area contributed by atoms with Gasteiger partial charge in [0.2, 0.25) is 0 Å². The van der Waals surface area contributed by atoms with Gasteiger partial charge in [-0.05, 0) is 49.5 Å². The van der Waals surface area contributed by atoms with E-state index in [1.54, 1.807) is 0 Å². The molecule has 0 aromatic heterocycles. The summed E-state index contributed by atoms with van der Waals surface area (Å²) in [6.45, 7) is 6.92. The highest BCUT2D eigenvalue weighted by Gasteiger charge is 2.18. The molecule has 1 aliphatic heterocycles. The Bertz CT molecular complexity index is 449. The monoisotopic (exact) mass is 353 g/mol. The second kappa shape index (κ2) is 8.39. The molecule has 1 fully saturated rings. The molecule has 1 saturated heterocycles. The fraction of sp³-hybridized carbons (Fsp3) is 0.562. The number of nitrogens with one attached hydrogen (secondary N) is 2. The van der Waals surface area contributed by atoms with Crippen molar-refractivity contribution >= 4 is 22.0 Å². The van der Waals surface area contributed by atoms with Crippen LogP contribution in [0.3, 0.4) is 0 Å². The van der Waals surface area contributed by atoms with E-state index in [0.717, 1.165) is 29.7 Å². The minimum atomic E-state index is -0.0773. The van der Waals surface area contributed by atoms with Crippen molar-refractivity contribution in [1.82, 2.24) is 15.5 Å². The molecular weight excluding hydrogens is 330 g/mol. The molecule has 2 N–H and O–H groups in total. The third-order valence-electron chi connectivity index (χ3n) is 3.97. The van der Waals surface area contributed by atoms with Gasteiger partial charge in [-0.3, -0.25) is 0 Å². The van der Waals surface area contributed by atoms with Gasteiger partial charge in [-0.1, -0.05) is 35.0 Å². The molecule has 1 unspecified atom stereocenters. The molecule has 21 heavy (non-hydrogen) atoms. The van der Waals surface area contributed by atoms with Crippen LogP contribution in [-0.2, 0) is 6.54 Å². The fourth-order valence-electron chi connectivity index (χ4n) is 2.69. The first kappa shape index (κ1) is 16.3. The van der Waals surface area contributed by atoms with Crippen molar-refractivity contribution in [1.29, 1.82) is 0 Å². The molecule has 5 heteroatoms. The number of rotatable bonds is 5. The van der Waals surface area contributed by atoms with E-state index in [4.69, 9.17) is 0 Å². The van der Waals surface area contributed by atoms with E-state index in [1.165, 1.54) is 19.4 Å². The van der Waals surface area contributed by atoms with Crippen LogP contribution in [0.1, 0.15) is 25.3 Å². The van der Waals surface area contributed by atoms with Gasteiger partial charge in [0.1, 0.15) is 0 Å². The van der Waals surface area contributed by atoms with Crippen LogP contribution in [0.4, 0.5) is 4.79 Å². The summed E-state index contributed by atoms with van der Waals surface area (Å²) in [6, 6.07) is 7.90. The molecule has 0 spiro atoms. The minimum Gasteiger partial charge on any atom is -0.338 e. The standard InChI is InChI=1S/C16H24BrN3O/c1-2-20-9-3-4-14(12-20)11-19-16(21)18-10-13-5-7-15(17)8-6-13/h5-8,14H,2-4,9-12H2,1H3,(H2,18,19,21). The Kier molecular flexibility index (Phi) is 6.51. The predicted molar refractivity (Wildman–Crippen MR) is 89.2 cm³/mol. The van der Waals surface area contributed by atoms with Crippen molar-refractivity contribution in [3.63, 3.8) is 0 Å². The van der Waals surface area contributed by atoms with Crippen molar-refractivity contribution in [2.24, 2.45) is 5.92 Å². The maximum atomic E-state index is 11.8. The van der Waals surface area contributed by atoms with E-state index in [0.29, 0.717) is 12.5 Å². The molecule has 2 rings (SSSR count). The Hall–Kier alpha value is -1.07. The van der Waals surface area contributed by atoms with Crippen LogP contribution >= 0.6 is 15.9 Å². The number of hydrogen-bond acceptors (Lipinski definition) is 2. The van der Waals surface area contributed by atoms with Gasteiger partial charge in [0.05, 0.1) is 0 Å². The highest BCUT2D eigenvalue weighted by Crippen LogP contribution is 2.15. The average molecular weight is 354 g/mol. The molecule has 1 aromatic rings. The number of carbonyl (C=O) groups excluding carboxylic acids is 1. The zero-order chi connectivity index (χ0) is 15.1. The third-order valence-corrected chi connectivity index (χ3v) is 4.50. The first-order valence-electron chi connectivity index (χ1n) is 7.66. The maximum Gasteiger partial charge on any atom is 0.315 e. The van der Waals surface area contributed by atoms with Crippen molar-refractivity contribution in [2.45, 2.75) is 26.3 Å². The Morgan fingerprint density at radius 2 is 2.10 bits per heavy atom. The minimum absolute atomic E-state index is 0.0773. The summed E-state index contributed by atoms with van der Waals surface area (Å²) in [7, 11) is 0. The molecule has 1 heterocycles. The van der Waals surface area contributed by atoms with Crippen molar-refractivity contribution in [3.8, 4) is 0 Å². The van der Waals surface area contributed by atoms with Gasteiger partial charge < -0.3 is 15.5 Å².